The van der Waals surface area contributed by atoms with Crippen LogP contribution in [0.4, 0.5) is 20.4 Å². The van der Waals surface area contributed by atoms with Crippen molar-refractivity contribution in [3.63, 3.8) is 0 Å². The molecule has 1 aromatic carbocycles. The number of aromatic nitrogens is 4. The molecule has 1 N–H and O–H groups in total. The van der Waals surface area contributed by atoms with E-state index in [2.05, 4.69) is 26.5 Å². The average molecular weight is 408 g/mol. The minimum absolute atomic E-state index is 0.0248. The first kappa shape index (κ1) is 18.5. The number of benzene rings is 1. The summed E-state index contributed by atoms with van der Waals surface area (Å²) in [5, 5.41) is 16.4. The van der Waals surface area contributed by atoms with Crippen molar-refractivity contribution in [2.45, 2.75) is 31.7 Å². The Hall–Kier alpha value is -3.54. The molecule has 9 heteroatoms. The Bertz CT molecular complexity index is 1150. The fourth-order valence-electron chi connectivity index (χ4n) is 3.12. The van der Waals surface area contributed by atoms with Gasteiger partial charge in [0.05, 0.1) is 35.6 Å². The first-order chi connectivity index (χ1) is 14.5. The minimum Gasteiger partial charge on any atom is -0.489 e. The molecular weight excluding hydrogens is 390 g/mol. The number of nitriles is 1. The van der Waals surface area contributed by atoms with Gasteiger partial charge in [-0.05, 0) is 43.9 Å². The van der Waals surface area contributed by atoms with Gasteiger partial charge < -0.3 is 10.1 Å². The minimum atomic E-state index is -0.663. The molecule has 152 valence electrons. The van der Waals surface area contributed by atoms with E-state index in [1.54, 1.807) is 6.20 Å². The molecule has 0 saturated heterocycles. The van der Waals surface area contributed by atoms with Crippen molar-refractivity contribution in [2.24, 2.45) is 5.41 Å². The van der Waals surface area contributed by atoms with E-state index in [0.29, 0.717) is 11.7 Å². The van der Waals surface area contributed by atoms with Gasteiger partial charge in [0.15, 0.2) is 17.4 Å². The zero-order valence-electron chi connectivity index (χ0n) is 16.0. The van der Waals surface area contributed by atoms with Gasteiger partial charge in [-0.3, -0.25) is 4.68 Å². The van der Waals surface area contributed by atoms with E-state index in [0.717, 1.165) is 31.9 Å². The Kier molecular flexibility index (Phi) is 4.35. The average Bonchev–Trinajstić information content (AvgIpc) is 3.68. The summed E-state index contributed by atoms with van der Waals surface area (Å²) in [5.74, 6) is -1.09. The number of nitrogens with zero attached hydrogens (tertiary/aromatic N) is 5. The molecule has 2 heterocycles. The molecular formula is C21H18F2N6O. The summed E-state index contributed by atoms with van der Waals surface area (Å²) in [7, 11) is 0. The normalized spacial score (nSPS) is 16.7. The maximum Gasteiger partial charge on any atom is 0.228 e. The van der Waals surface area contributed by atoms with Crippen molar-refractivity contribution in [1.82, 2.24) is 19.7 Å². The number of halogens is 2. The molecule has 0 spiro atoms. The van der Waals surface area contributed by atoms with Crippen molar-refractivity contribution < 1.29 is 13.5 Å². The lowest BCUT2D eigenvalue weighted by molar-refractivity contribution is 0.257. The number of ether oxygens (including phenoxy) is 1. The maximum atomic E-state index is 14.5. The predicted octanol–water partition coefficient (Wildman–Crippen LogP) is 4.38. The summed E-state index contributed by atoms with van der Waals surface area (Å²) < 4.78 is 36.2. The van der Waals surface area contributed by atoms with Crippen LogP contribution in [0.15, 0.2) is 36.8 Å². The van der Waals surface area contributed by atoms with E-state index in [4.69, 9.17) is 10.00 Å². The molecule has 2 fully saturated rings. The highest BCUT2D eigenvalue weighted by molar-refractivity contribution is 5.63. The monoisotopic (exact) mass is 408 g/mol. The molecule has 0 amide bonds. The van der Waals surface area contributed by atoms with Gasteiger partial charge in [-0.25, -0.2) is 18.7 Å². The SMILES string of the molecule is N#CC1(COc2ccc(-c3nc(Nc4cnn(C5CC5)c4)ncc3F)cc2F)CC1. The molecule has 3 aromatic rings. The Balaban J connectivity index is 1.34. The van der Waals surface area contributed by atoms with Crippen LogP contribution in [0.3, 0.4) is 0 Å². The number of anilines is 2. The Labute approximate surface area is 171 Å². The third-order valence-corrected chi connectivity index (χ3v) is 5.32. The Morgan fingerprint density at radius 1 is 1.23 bits per heavy atom. The highest BCUT2D eigenvalue weighted by Crippen LogP contribution is 2.45. The zero-order valence-corrected chi connectivity index (χ0v) is 16.0. The molecule has 7 nitrogen and oxygen atoms in total. The first-order valence-corrected chi connectivity index (χ1v) is 9.73. The van der Waals surface area contributed by atoms with Gasteiger partial charge in [0.25, 0.3) is 0 Å². The fourth-order valence-corrected chi connectivity index (χ4v) is 3.12. The van der Waals surface area contributed by atoms with Gasteiger partial charge in [-0.1, -0.05) is 0 Å². The summed E-state index contributed by atoms with van der Waals surface area (Å²) in [6.07, 6.45) is 8.29. The summed E-state index contributed by atoms with van der Waals surface area (Å²) in [5.41, 5.74) is 0.430. The van der Waals surface area contributed by atoms with E-state index in [1.165, 1.54) is 18.2 Å². The standard InChI is InChI=1S/C21H18F2N6O/c22-16-7-13(1-4-18(16)30-12-21(11-24)5-6-21)19-17(23)9-25-20(28-19)27-14-8-26-29(10-14)15-2-3-15/h1,4,7-10,15H,2-3,5-6,12H2,(H,25,27,28). The Morgan fingerprint density at radius 3 is 2.77 bits per heavy atom. The van der Waals surface area contributed by atoms with Crippen molar-refractivity contribution in [2.75, 3.05) is 11.9 Å². The molecule has 0 aliphatic heterocycles. The topological polar surface area (TPSA) is 88.6 Å². The van der Waals surface area contributed by atoms with Crippen LogP contribution in [0.1, 0.15) is 31.7 Å². The summed E-state index contributed by atoms with van der Waals surface area (Å²) >= 11 is 0. The molecule has 2 saturated carbocycles. The van der Waals surface area contributed by atoms with E-state index in [-0.39, 0.29) is 29.6 Å². The second-order valence-corrected chi connectivity index (χ2v) is 7.78. The van der Waals surface area contributed by atoms with Gasteiger partial charge in [-0.15, -0.1) is 0 Å². The van der Waals surface area contributed by atoms with Crippen LogP contribution >= 0.6 is 0 Å². The smallest absolute Gasteiger partial charge is 0.228 e. The van der Waals surface area contributed by atoms with E-state index < -0.39 is 17.0 Å². The lowest BCUT2D eigenvalue weighted by Gasteiger charge is -2.11. The third-order valence-electron chi connectivity index (χ3n) is 5.32. The van der Waals surface area contributed by atoms with Crippen LogP contribution < -0.4 is 10.1 Å². The molecule has 2 aliphatic carbocycles. The van der Waals surface area contributed by atoms with Crippen LogP contribution in [-0.4, -0.2) is 26.4 Å². The molecule has 5 rings (SSSR count). The molecule has 0 bridgehead atoms. The largest absolute Gasteiger partial charge is 0.489 e. The van der Waals surface area contributed by atoms with Crippen molar-refractivity contribution in [1.29, 1.82) is 5.26 Å². The Morgan fingerprint density at radius 2 is 2.07 bits per heavy atom. The van der Waals surface area contributed by atoms with Gasteiger partial charge in [0.2, 0.25) is 5.95 Å². The lowest BCUT2D eigenvalue weighted by atomic mass is 10.1. The molecule has 30 heavy (non-hydrogen) atoms. The maximum absolute atomic E-state index is 14.5. The van der Waals surface area contributed by atoms with Crippen LogP contribution in [0, 0.1) is 28.4 Å². The van der Waals surface area contributed by atoms with Gasteiger partial charge in [-0.2, -0.15) is 10.4 Å². The zero-order chi connectivity index (χ0) is 20.7. The van der Waals surface area contributed by atoms with Crippen LogP contribution in [0.2, 0.25) is 0 Å². The van der Waals surface area contributed by atoms with Gasteiger partial charge in [0, 0.05) is 11.8 Å². The second-order valence-electron chi connectivity index (χ2n) is 7.78. The van der Waals surface area contributed by atoms with Crippen molar-refractivity contribution in [3.05, 3.63) is 48.4 Å². The van der Waals surface area contributed by atoms with E-state index in [1.807, 2.05) is 10.9 Å². The number of hydrogen-bond donors (Lipinski definition) is 1. The van der Waals surface area contributed by atoms with Crippen LogP contribution in [0.25, 0.3) is 11.3 Å². The van der Waals surface area contributed by atoms with Crippen molar-refractivity contribution in [3.8, 4) is 23.1 Å². The highest BCUT2D eigenvalue weighted by atomic mass is 19.1. The molecule has 2 aromatic heterocycles. The number of hydrogen-bond acceptors (Lipinski definition) is 6. The number of nitrogens with one attached hydrogen (secondary N) is 1. The van der Waals surface area contributed by atoms with E-state index in [9.17, 15) is 8.78 Å². The summed E-state index contributed by atoms with van der Waals surface area (Å²) in [6.45, 7) is 0.143. The highest BCUT2D eigenvalue weighted by Gasteiger charge is 2.44. The summed E-state index contributed by atoms with van der Waals surface area (Å²) in [4.78, 5) is 8.16. The number of rotatable bonds is 7. The third kappa shape index (κ3) is 3.68. The lowest BCUT2D eigenvalue weighted by Crippen LogP contribution is -2.11. The van der Waals surface area contributed by atoms with Crippen LogP contribution in [-0.2, 0) is 0 Å². The van der Waals surface area contributed by atoms with Gasteiger partial charge in [0.1, 0.15) is 12.3 Å². The summed E-state index contributed by atoms with van der Waals surface area (Å²) in [6, 6.07) is 6.76. The van der Waals surface area contributed by atoms with Gasteiger partial charge >= 0.3 is 0 Å². The molecule has 0 radical (unpaired) electrons. The second kappa shape index (κ2) is 7.06. The van der Waals surface area contributed by atoms with E-state index >= 15 is 0 Å². The van der Waals surface area contributed by atoms with Crippen LogP contribution in [0.5, 0.6) is 5.75 Å². The van der Waals surface area contributed by atoms with Crippen molar-refractivity contribution >= 4 is 11.6 Å². The molecule has 2 aliphatic rings. The quantitative estimate of drug-likeness (QED) is 0.624. The first-order valence-electron chi connectivity index (χ1n) is 9.73. The molecule has 0 atom stereocenters. The fraction of sp³-hybridized carbons (Fsp3) is 0.333. The molecule has 0 unspecified atom stereocenters. The predicted molar refractivity (Wildman–Crippen MR) is 104 cm³/mol.